The Labute approximate surface area is 159 Å². The predicted octanol–water partition coefficient (Wildman–Crippen LogP) is 5.43. The van der Waals surface area contributed by atoms with Crippen LogP contribution in [0.4, 0.5) is 0 Å². The monoisotopic (exact) mass is 372 g/mol. The van der Waals surface area contributed by atoms with E-state index < -0.39 is 0 Å². The zero-order valence-corrected chi connectivity index (χ0v) is 18.3. The minimum atomic E-state index is -0.0983. The van der Waals surface area contributed by atoms with Gasteiger partial charge in [-0.3, -0.25) is 0 Å². The van der Waals surface area contributed by atoms with Gasteiger partial charge in [0.05, 0.1) is 18.8 Å². The Kier molecular flexibility index (Phi) is 8.12. The molecule has 2 rings (SSSR count). The van der Waals surface area contributed by atoms with Crippen molar-refractivity contribution < 1.29 is 14.2 Å². The maximum atomic E-state index is 6.43. The summed E-state index contributed by atoms with van der Waals surface area (Å²) in [6.07, 6.45) is 1.43. The van der Waals surface area contributed by atoms with Gasteiger partial charge < -0.3 is 14.2 Å². The lowest BCUT2D eigenvalue weighted by atomic mass is 9.78. The topological polar surface area (TPSA) is 27.7 Å². The molecule has 10 atom stereocenters. The quantitative estimate of drug-likeness (QED) is 0.621. The Morgan fingerprint density at radius 1 is 0.720 bits per heavy atom. The lowest BCUT2D eigenvalue weighted by Gasteiger charge is -2.46. The van der Waals surface area contributed by atoms with Crippen molar-refractivity contribution in [1.82, 2.24) is 0 Å². The fourth-order valence-electron chi connectivity index (χ4n) is 4.37. The van der Waals surface area contributed by atoms with Gasteiger partial charge in [0.1, 0.15) is 5.44 Å². The third-order valence-corrected chi connectivity index (χ3v) is 8.33. The van der Waals surface area contributed by atoms with Crippen LogP contribution in [0.5, 0.6) is 0 Å². The van der Waals surface area contributed by atoms with Gasteiger partial charge in [-0.1, -0.05) is 55.4 Å². The van der Waals surface area contributed by atoms with Crippen molar-refractivity contribution in [3.8, 4) is 0 Å². The van der Waals surface area contributed by atoms with Crippen LogP contribution in [-0.4, -0.2) is 36.3 Å². The summed E-state index contributed by atoms with van der Waals surface area (Å²) in [7, 11) is 0. The smallest absolute Gasteiger partial charge is 0.160 e. The van der Waals surface area contributed by atoms with Crippen molar-refractivity contribution in [2.24, 2.45) is 35.5 Å². The molecule has 2 aliphatic heterocycles. The van der Waals surface area contributed by atoms with E-state index in [0.29, 0.717) is 48.2 Å². The van der Waals surface area contributed by atoms with Crippen LogP contribution in [0.3, 0.4) is 0 Å². The Balaban J connectivity index is 1.96. The molecular formula is C21H40O3S. The van der Waals surface area contributed by atoms with E-state index in [-0.39, 0.29) is 17.8 Å². The first-order chi connectivity index (χ1) is 11.8. The number of hydrogen-bond acceptors (Lipinski definition) is 4. The third-order valence-electron chi connectivity index (χ3n) is 7.12. The van der Waals surface area contributed by atoms with Crippen LogP contribution in [0.25, 0.3) is 0 Å². The molecule has 0 aromatic heterocycles. The normalized spacial score (nSPS) is 48.5. The van der Waals surface area contributed by atoms with Crippen LogP contribution >= 0.6 is 11.8 Å². The van der Waals surface area contributed by atoms with Gasteiger partial charge in [-0.25, -0.2) is 0 Å². The summed E-state index contributed by atoms with van der Waals surface area (Å²) in [6.45, 7) is 19.0. The minimum absolute atomic E-state index is 0.0983. The second kappa shape index (κ2) is 9.43. The van der Waals surface area contributed by atoms with E-state index in [1.807, 2.05) is 11.8 Å². The molecular weight excluding hydrogens is 332 g/mol. The number of rotatable bonds is 6. The highest BCUT2D eigenvalue weighted by molar-refractivity contribution is 7.99. The first-order valence-corrected chi connectivity index (χ1v) is 11.4. The van der Waals surface area contributed by atoms with E-state index in [9.17, 15) is 0 Å². The van der Waals surface area contributed by atoms with Crippen molar-refractivity contribution in [2.45, 2.75) is 85.7 Å². The van der Waals surface area contributed by atoms with Crippen molar-refractivity contribution in [3.05, 3.63) is 0 Å². The van der Waals surface area contributed by atoms with E-state index in [4.69, 9.17) is 14.2 Å². The van der Waals surface area contributed by atoms with Gasteiger partial charge in [-0.15, -0.1) is 11.8 Å². The highest BCUT2D eigenvalue weighted by atomic mass is 32.2. The zero-order chi connectivity index (χ0) is 18.7. The van der Waals surface area contributed by atoms with Crippen molar-refractivity contribution >= 4 is 11.8 Å². The van der Waals surface area contributed by atoms with Crippen molar-refractivity contribution in [3.63, 3.8) is 0 Å². The fraction of sp³-hybridized carbons (Fsp3) is 1.00. The largest absolute Gasteiger partial charge is 0.361 e. The summed E-state index contributed by atoms with van der Waals surface area (Å²) < 4.78 is 19.0. The molecule has 0 aromatic rings. The van der Waals surface area contributed by atoms with Crippen LogP contribution in [0.15, 0.2) is 0 Å². The van der Waals surface area contributed by atoms with Gasteiger partial charge in [0.25, 0.3) is 0 Å². The lowest BCUT2D eigenvalue weighted by Crippen LogP contribution is -2.49. The maximum Gasteiger partial charge on any atom is 0.160 e. The molecule has 4 unspecified atom stereocenters. The molecule has 0 aliphatic carbocycles. The highest BCUT2D eigenvalue weighted by Gasteiger charge is 2.42. The highest BCUT2D eigenvalue weighted by Crippen LogP contribution is 2.41. The number of hydrogen-bond donors (Lipinski definition) is 0. The summed E-state index contributed by atoms with van der Waals surface area (Å²) in [5.74, 6) is 4.49. The molecule has 3 nitrogen and oxygen atoms in total. The second-order valence-electron chi connectivity index (χ2n) is 8.44. The minimum Gasteiger partial charge on any atom is -0.361 e. The maximum absolute atomic E-state index is 6.43. The van der Waals surface area contributed by atoms with Crippen molar-refractivity contribution in [2.75, 3.05) is 12.4 Å². The zero-order valence-electron chi connectivity index (χ0n) is 17.5. The molecule has 2 heterocycles. The van der Waals surface area contributed by atoms with Crippen LogP contribution in [0.1, 0.15) is 61.8 Å². The van der Waals surface area contributed by atoms with Gasteiger partial charge in [0.15, 0.2) is 6.29 Å². The Morgan fingerprint density at radius 3 is 1.92 bits per heavy atom. The molecule has 0 bridgehead atoms. The molecule has 148 valence electrons. The molecule has 0 aromatic carbocycles. The molecule has 25 heavy (non-hydrogen) atoms. The van der Waals surface area contributed by atoms with Gasteiger partial charge in [-0.2, -0.15) is 0 Å². The second-order valence-corrected chi connectivity index (χ2v) is 9.81. The van der Waals surface area contributed by atoms with Crippen LogP contribution in [-0.2, 0) is 14.2 Å². The van der Waals surface area contributed by atoms with Crippen LogP contribution in [0, 0.1) is 35.5 Å². The van der Waals surface area contributed by atoms with Crippen molar-refractivity contribution in [1.29, 1.82) is 0 Å². The number of ether oxygens (including phenoxy) is 3. The summed E-state index contributed by atoms with van der Waals surface area (Å²) >= 11 is 1.93. The molecule has 4 heteroatoms. The molecule has 2 saturated heterocycles. The number of thioether (sulfide) groups is 1. The molecule has 0 N–H and O–H groups in total. The summed E-state index contributed by atoms with van der Waals surface area (Å²) in [5, 5.41) is 0. The molecule has 2 aliphatic rings. The summed E-state index contributed by atoms with van der Waals surface area (Å²) in [4.78, 5) is 0. The van der Waals surface area contributed by atoms with Gasteiger partial charge in [-0.05, 0) is 41.8 Å². The average Bonchev–Trinajstić information content (AvgIpc) is 2.60. The van der Waals surface area contributed by atoms with E-state index >= 15 is 0 Å². The third kappa shape index (κ3) is 4.75. The van der Waals surface area contributed by atoms with E-state index in [1.165, 1.54) is 0 Å². The Bertz CT molecular complexity index is 403. The molecule has 0 amide bonds. The van der Waals surface area contributed by atoms with Gasteiger partial charge in [0, 0.05) is 5.92 Å². The molecule has 0 saturated carbocycles. The van der Waals surface area contributed by atoms with Gasteiger partial charge >= 0.3 is 0 Å². The fourth-order valence-corrected chi connectivity index (χ4v) is 5.47. The molecule has 0 spiro atoms. The van der Waals surface area contributed by atoms with E-state index in [1.54, 1.807) is 0 Å². The SMILES string of the molecule is CCS[C@@H]1OC(CO[C@@H]2OC(CC)[C@@H](C)[C@H](C)C2C)[C@@H](C)[C@H](C)C1C. The van der Waals surface area contributed by atoms with E-state index in [2.05, 4.69) is 55.4 Å². The van der Waals surface area contributed by atoms with Gasteiger partial charge in [0.2, 0.25) is 0 Å². The van der Waals surface area contributed by atoms with Crippen LogP contribution in [0.2, 0.25) is 0 Å². The molecule has 2 fully saturated rings. The molecule has 0 radical (unpaired) electrons. The van der Waals surface area contributed by atoms with Crippen LogP contribution < -0.4 is 0 Å². The summed E-state index contributed by atoms with van der Waals surface area (Å²) in [5.41, 5.74) is 0.289. The van der Waals surface area contributed by atoms with E-state index in [0.717, 1.165) is 12.2 Å². The summed E-state index contributed by atoms with van der Waals surface area (Å²) in [6, 6.07) is 0. The Morgan fingerprint density at radius 2 is 1.32 bits per heavy atom. The predicted molar refractivity (Wildman–Crippen MR) is 107 cm³/mol. The Hall–Kier alpha value is 0.230. The first-order valence-electron chi connectivity index (χ1n) is 10.4. The standard InChI is InChI=1S/C21H40O3S/c1-9-18-14(5)12(3)16(7)20(23-18)22-11-19-15(6)13(4)17(8)21(24-19)25-10-2/h12-21H,9-11H2,1-8H3/t12-,13-,14-,15-,16?,17?,18?,19?,20+,21-/m0/s1. The average molecular weight is 373 g/mol. The lowest BCUT2D eigenvalue weighted by molar-refractivity contribution is -0.263. The first kappa shape index (κ1) is 21.5.